The lowest BCUT2D eigenvalue weighted by molar-refractivity contribution is 0.0704. The van der Waals surface area contributed by atoms with Crippen LogP contribution < -0.4 is 0 Å². The summed E-state index contributed by atoms with van der Waals surface area (Å²) in [5, 5.41) is 0. The molecule has 0 aliphatic heterocycles. The molecule has 5 nitrogen and oxygen atoms in total. The number of rotatable bonds is 4. The van der Waals surface area contributed by atoms with Gasteiger partial charge in [0.2, 0.25) is 6.08 Å². The summed E-state index contributed by atoms with van der Waals surface area (Å²) in [5.41, 5.74) is 1.03. The van der Waals surface area contributed by atoms with Crippen molar-refractivity contribution in [1.82, 2.24) is 0 Å². The van der Waals surface area contributed by atoms with Gasteiger partial charge in [0.05, 0.1) is 7.11 Å². The van der Waals surface area contributed by atoms with Crippen molar-refractivity contribution in [3.8, 4) is 0 Å². The van der Waals surface area contributed by atoms with Gasteiger partial charge in [-0.3, -0.25) is 0 Å². The van der Waals surface area contributed by atoms with Crippen LogP contribution in [-0.4, -0.2) is 32.0 Å². The highest BCUT2D eigenvalue weighted by Gasteiger charge is 2.18. The largest absolute Gasteiger partial charge is 0.508 e. The SMILES string of the molecule is COC(=O)OC[C@@H](N=C=O)C1=CCCC1. The van der Waals surface area contributed by atoms with Crippen molar-refractivity contribution in [3.63, 3.8) is 0 Å². The van der Waals surface area contributed by atoms with Crippen LogP contribution in [0.4, 0.5) is 4.79 Å². The lowest BCUT2D eigenvalue weighted by Crippen LogP contribution is -2.18. The van der Waals surface area contributed by atoms with E-state index < -0.39 is 12.2 Å². The fourth-order valence-electron chi connectivity index (χ4n) is 1.50. The van der Waals surface area contributed by atoms with E-state index in [1.54, 1.807) is 0 Å². The van der Waals surface area contributed by atoms with Crippen molar-refractivity contribution in [3.05, 3.63) is 11.6 Å². The van der Waals surface area contributed by atoms with Crippen LogP contribution in [0.3, 0.4) is 0 Å². The van der Waals surface area contributed by atoms with E-state index in [4.69, 9.17) is 4.74 Å². The molecule has 0 aromatic carbocycles. The first-order valence-electron chi connectivity index (χ1n) is 4.74. The first-order valence-corrected chi connectivity index (χ1v) is 4.74. The highest BCUT2D eigenvalue weighted by molar-refractivity contribution is 5.59. The van der Waals surface area contributed by atoms with E-state index in [1.807, 2.05) is 6.08 Å². The highest BCUT2D eigenvalue weighted by Crippen LogP contribution is 2.22. The molecule has 0 spiro atoms. The maximum atomic E-state index is 10.7. The zero-order chi connectivity index (χ0) is 11.1. The third kappa shape index (κ3) is 3.56. The molecule has 0 bridgehead atoms. The second-order valence-corrected chi connectivity index (χ2v) is 3.17. The fourth-order valence-corrected chi connectivity index (χ4v) is 1.50. The smallest absolute Gasteiger partial charge is 0.438 e. The Hall–Kier alpha value is -1.61. The average Bonchev–Trinajstić information content (AvgIpc) is 2.76. The maximum Gasteiger partial charge on any atom is 0.508 e. The minimum absolute atomic E-state index is 0.0355. The Balaban J connectivity index is 2.50. The molecule has 5 heteroatoms. The van der Waals surface area contributed by atoms with Gasteiger partial charge in [-0.2, -0.15) is 4.99 Å². The van der Waals surface area contributed by atoms with E-state index in [0.29, 0.717) is 0 Å². The van der Waals surface area contributed by atoms with Crippen molar-refractivity contribution in [2.75, 3.05) is 13.7 Å². The third-order valence-corrected chi connectivity index (χ3v) is 2.24. The van der Waals surface area contributed by atoms with E-state index >= 15 is 0 Å². The van der Waals surface area contributed by atoms with Crippen LogP contribution >= 0.6 is 0 Å². The second kappa shape index (κ2) is 5.98. The van der Waals surface area contributed by atoms with Gasteiger partial charge in [-0.05, 0) is 24.8 Å². The lowest BCUT2D eigenvalue weighted by atomic mass is 10.1. The van der Waals surface area contributed by atoms with Gasteiger partial charge in [-0.25, -0.2) is 9.59 Å². The molecule has 82 valence electrons. The fraction of sp³-hybridized carbons (Fsp3) is 0.600. The summed E-state index contributed by atoms with van der Waals surface area (Å²) in [5.74, 6) is 0. The van der Waals surface area contributed by atoms with Gasteiger partial charge in [-0.15, -0.1) is 0 Å². The summed E-state index contributed by atoms with van der Waals surface area (Å²) in [6.45, 7) is 0.0355. The molecule has 0 saturated carbocycles. The van der Waals surface area contributed by atoms with E-state index in [1.165, 1.54) is 13.2 Å². The number of nitrogens with zero attached hydrogens (tertiary/aromatic N) is 1. The Morgan fingerprint density at radius 1 is 1.73 bits per heavy atom. The van der Waals surface area contributed by atoms with Crippen molar-refractivity contribution >= 4 is 12.2 Å². The standard InChI is InChI=1S/C10H13NO4/c1-14-10(13)15-6-9(11-7-12)8-4-2-3-5-8/h4,9H,2-3,5-6H2,1H3/t9-/m1/s1. The van der Waals surface area contributed by atoms with Crippen molar-refractivity contribution in [2.24, 2.45) is 4.99 Å². The van der Waals surface area contributed by atoms with Crippen molar-refractivity contribution in [1.29, 1.82) is 0 Å². The van der Waals surface area contributed by atoms with Gasteiger partial charge >= 0.3 is 6.16 Å². The molecule has 0 unspecified atom stereocenters. The van der Waals surface area contributed by atoms with Crippen LogP contribution in [0.15, 0.2) is 16.6 Å². The lowest BCUT2D eigenvalue weighted by Gasteiger charge is -2.11. The zero-order valence-corrected chi connectivity index (χ0v) is 8.56. The predicted molar refractivity (Wildman–Crippen MR) is 52.2 cm³/mol. The monoisotopic (exact) mass is 211 g/mol. The van der Waals surface area contributed by atoms with Gasteiger partial charge in [0, 0.05) is 0 Å². The maximum absolute atomic E-state index is 10.7. The number of aliphatic imine (C=N–C) groups is 1. The molecule has 1 atom stereocenters. The second-order valence-electron chi connectivity index (χ2n) is 3.17. The zero-order valence-electron chi connectivity index (χ0n) is 8.56. The molecule has 0 fully saturated rings. The molecule has 0 saturated heterocycles. The highest BCUT2D eigenvalue weighted by atomic mass is 16.7. The topological polar surface area (TPSA) is 65.0 Å². The molecular weight excluding hydrogens is 198 g/mol. The molecule has 0 amide bonds. The Morgan fingerprint density at radius 2 is 2.53 bits per heavy atom. The average molecular weight is 211 g/mol. The normalized spacial score (nSPS) is 16.2. The van der Waals surface area contributed by atoms with Gasteiger partial charge in [0.25, 0.3) is 0 Å². The van der Waals surface area contributed by atoms with Gasteiger partial charge in [0.1, 0.15) is 12.6 Å². The van der Waals surface area contributed by atoms with Crippen molar-refractivity contribution in [2.45, 2.75) is 25.3 Å². The van der Waals surface area contributed by atoms with Crippen LogP contribution in [0.2, 0.25) is 0 Å². The van der Waals surface area contributed by atoms with E-state index in [-0.39, 0.29) is 6.61 Å². The van der Waals surface area contributed by atoms with Gasteiger partial charge < -0.3 is 9.47 Å². The van der Waals surface area contributed by atoms with E-state index in [0.717, 1.165) is 24.8 Å². The Bertz CT molecular complexity index is 305. The molecule has 15 heavy (non-hydrogen) atoms. The molecule has 0 heterocycles. The number of methoxy groups -OCH3 is 1. The Kier molecular flexibility index (Phi) is 4.57. The first-order chi connectivity index (χ1) is 7.27. The third-order valence-electron chi connectivity index (χ3n) is 2.24. The molecule has 0 radical (unpaired) electrons. The number of hydrogen-bond acceptors (Lipinski definition) is 5. The van der Waals surface area contributed by atoms with E-state index in [9.17, 15) is 9.59 Å². The quantitative estimate of drug-likeness (QED) is 0.306. The van der Waals surface area contributed by atoms with Crippen LogP contribution in [0.25, 0.3) is 0 Å². The summed E-state index contributed by atoms with van der Waals surface area (Å²) < 4.78 is 9.06. The molecule has 0 aromatic rings. The van der Waals surface area contributed by atoms with Gasteiger partial charge in [0.15, 0.2) is 0 Å². The number of allylic oxidation sites excluding steroid dienone is 1. The number of ether oxygens (including phenoxy) is 2. The van der Waals surface area contributed by atoms with E-state index in [2.05, 4.69) is 9.73 Å². The molecule has 1 aliphatic rings. The van der Waals surface area contributed by atoms with Crippen LogP contribution in [0.1, 0.15) is 19.3 Å². The molecule has 0 N–H and O–H groups in total. The summed E-state index contributed by atoms with van der Waals surface area (Å²) >= 11 is 0. The number of carbonyl (C=O) groups is 1. The summed E-state index contributed by atoms with van der Waals surface area (Å²) in [6.07, 6.45) is 5.67. The van der Waals surface area contributed by atoms with Crippen LogP contribution in [-0.2, 0) is 14.3 Å². The Morgan fingerprint density at radius 3 is 3.07 bits per heavy atom. The molecular formula is C10H13NO4. The summed E-state index contributed by atoms with van der Waals surface area (Å²) in [6, 6.07) is -0.399. The number of hydrogen-bond donors (Lipinski definition) is 0. The summed E-state index contributed by atoms with van der Waals surface area (Å²) in [4.78, 5) is 24.5. The van der Waals surface area contributed by atoms with Crippen LogP contribution in [0, 0.1) is 0 Å². The van der Waals surface area contributed by atoms with Crippen molar-refractivity contribution < 1.29 is 19.1 Å². The first kappa shape index (κ1) is 11.5. The molecule has 0 aromatic heterocycles. The predicted octanol–water partition coefficient (Wildman–Crippen LogP) is 1.58. The van der Waals surface area contributed by atoms with Gasteiger partial charge in [-0.1, -0.05) is 6.08 Å². The minimum atomic E-state index is -0.764. The molecule has 1 rings (SSSR count). The molecule has 1 aliphatic carbocycles. The minimum Gasteiger partial charge on any atom is -0.438 e. The number of carbonyl (C=O) groups excluding carboxylic acids is 2. The summed E-state index contributed by atoms with van der Waals surface area (Å²) in [7, 11) is 1.23. The number of isocyanates is 1. The Labute approximate surface area is 87.8 Å². The van der Waals surface area contributed by atoms with Crippen LogP contribution in [0.5, 0.6) is 0 Å².